The number of hydrogen-bond acceptors (Lipinski definition) is 3. The molecule has 5 nitrogen and oxygen atoms in total. The molecule has 0 aliphatic rings. The fourth-order valence-corrected chi connectivity index (χ4v) is 4.40. The molecule has 5 aromatic rings. The van der Waals surface area contributed by atoms with Crippen molar-refractivity contribution in [2.24, 2.45) is 0 Å². The molecule has 162 valence electrons. The lowest BCUT2D eigenvalue weighted by molar-refractivity contribution is 0.0940. The average molecular weight is 454 g/mol. The third-order valence-electron chi connectivity index (χ3n) is 5.71. The Morgan fingerprint density at radius 3 is 2.48 bits per heavy atom. The molecule has 3 aromatic carbocycles. The zero-order chi connectivity index (χ0) is 22.9. The van der Waals surface area contributed by atoms with Gasteiger partial charge in [0.15, 0.2) is 0 Å². The maximum Gasteiger partial charge on any atom is 0.264 e. The van der Waals surface area contributed by atoms with E-state index in [1.807, 2.05) is 79.7 Å². The molecule has 1 unspecified atom stereocenters. The molecular formula is C27H20ClN3O2. The van der Waals surface area contributed by atoms with Gasteiger partial charge in [0.1, 0.15) is 0 Å². The molecule has 0 radical (unpaired) electrons. The van der Waals surface area contributed by atoms with Crippen LogP contribution < -0.4 is 10.9 Å². The van der Waals surface area contributed by atoms with E-state index in [9.17, 15) is 9.59 Å². The fraction of sp³-hybridized carbons (Fsp3) is 0.0741. The predicted molar refractivity (Wildman–Crippen MR) is 132 cm³/mol. The highest BCUT2D eigenvalue weighted by atomic mass is 35.5. The van der Waals surface area contributed by atoms with Crippen molar-refractivity contribution in [2.75, 3.05) is 0 Å². The van der Waals surface area contributed by atoms with Gasteiger partial charge in [-0.3, -0.25) is 19.1 Å². The van der Waals surface area contributed by atoms with Crippen LogP contribution in [0.15, 0.2) is 95.9 Å². The highest BCUT2D eigenvalue weighted by Gasteiger charge is 2.20. The van der Waals surface area contributed by atoms with E-state index in [4.69, 9.17) is 11.6 Å². The lowest BCUT2D eigenvalue weighted by Gasteiger charge is -2.21. The van der Waals surface area contributed by atoms with E-state index in [1.54, 1.807) is 22.9 Å². The second kappa shape index (κ2) is 8.52. The summed E-state index contributed by atoms with van der Waals surface area (Å²) >= 11 is 6.38. The van der Waals surface area contributed by atoms with Crippen LogP contribution in [0.4, 0.5) is 0 Å². The van der Waals surface area contributed by atoms with Gasteiger partial charge < -0.3 is 5.32 Å². The topological polar surface area (TPSA) is 64.0 Å². The number of para-hydroxylation sites is 2. The Labute approximate surface area is 195 Å². The van der Waals surface area contributed by atoms with Crippen molar-refractivity contribution in [3.8, 4) is 5.69 Å². The van der Waals surface area contributed by atoms with Crippen LogP contribution in [0.5, 0.6) is 0 Å². The van der Waals surface area contributed by atoms with Gasteiger partial charge in [0.05, 0.1) is 27.5 Å². The molecule has 0 saturated heterocycles. The van der Waals surface area contributed by atoms with Crippen molar-refractivity contribution >= 4 is 39.2 Å². The van der Waals surface area contributed by atoms with Gasteiger partial charge in [-0.05, 0) is 48.7 Å². The standard InChI is InChI=1S/C27H20ClN3O2/c1-17(30-26(32)21-13-5-8-18-10-7-15-29-25(18)21)23-16-19-9-6-14-22(28)24(19)27(33)31(23)20-11-3-2-4-12-20/h2-17H,1H3,(H,30,32). The molecule has 1 N–H and O–H groups in total. The van der Waals surface area contributed by atoms with E-state index in [2.05, 4.69) is 10.3 Å². The van der Waals surface area contributed by atoms with Crippen molar-refractivity contribution in [2.45, 2.75) is 13.0 Å². The van der Waals surface area contributed by atoms with Gasteiger partial charge in [-0.25, -0.2) is 0 Å². The SMILES string of the molecule is CC(NC(=O)c1cccc2cccnc12)c1cc2cccc(Cl)c2c(=O)n1-c1ccccc1. The Morgan fingerprint density at radius 2 is 1.67 bits per heavy atom. The van der Waals surface area contributed by atoms with E-state index < -0.39 is 6.04 Å². The van der Waals surface area contributed by atoms with Crippen LogP contribution in [0.2, 0.25) is 5.02 Å². The molecule has 5 rings (SSSR count). The van der Waals surface area contributed by atoms with Gasteiger partial charge in [-0.15, -0.1) is 0 Å². The maximum atomic E-state index is 13.6. The van der Waals surface area contributed by atoms with Crippen LogP contribution in [0.3, 0.4) is 0 Å². The minimum atomic E-state index is -0.465. The van der Waals surface area contributed by atoms with Crippen LogP contribution in [0.1, 0.15) is 29.0 Å². The number of carbonyl (C=O) groups is 1. The summed E-state index contributed by atoms with van der Waals surface area (Å²) in [6.07, 6.45) is 1.67. The number of halogens is 1. The van der Waals surface area contributed by atoms with E-state index in [0.29, 0.717) is 32.9 Å². The molecule has 0 aliphatic heterocycles. The summed E-state index contributed by atoms with van der Waals surface area (Å²) in [5.74, 6) is -0.259. The quantitative estimate of drug-likeness (QED) is 0.380. The van der Waals surface area contributed by atoms with E-state index in [-0.39, 0.29) is 11.5 Å². The molecule has 0 bridgehead atoms. The molecule has 0 fully saturated rings. The summed E-state index contributed by atoms with van der Waals surface area (Å²) in [5.41, 5.74) is 2.25. The summed E-state index contributed by atoms with van der Waals surface area (Å²) in [6.45, 7) is 1.86. The second-order valence-electron chi connectivity index (χ2n) is 7.83. The Morgan fingerprint density at radius 1 is 0.939 bits per heavy atom. The second-order valence-corrected chi connectivity index (χ2v) is 8.23. The Kier molecular flexibility index (Phi) is 5.40. The monoisotopic (exact) mass is 453 g/mol. The van der Waals surface area contributed by atoms with Crippen molar-refractivity contribution in [3.63, 3.8) is 0 Å². The van der Waals surface area contributed by atoms with Gasteiger partial charge >= 0.3 is 0 Å². The van der Waals surface area contributed by atoms with Crippen molar-refractivity contribution < 1.29 is 4.79 Å². The highest BCUT2D eigenvalue weighted by molar-refractivity contribution is 6.35. The number of nitrogens with zero attached hydrogens (tertiary/aromatic N) is 2. The van der Waals surface area contributed by atoms with Gasteiger partial charge in [0.25, 0.3) is 11.5 Å². The molecule has 1 atom stereocenters. The lowest BCUT2D eigenvalue weighted by Crippen LogP contribution is -2.32. The van der Waals surface area contributed by atoms with Crippen LogP contribution in [-0.4, -0.2) is 15.5 Å². The Bertz CT molecular complexity index is 1560. The molecule has 0 spiro atoms. The number of rotatable bonds is 4. The third-order valence-corrected chi connectivity index (χ3v) is 6.02. The highest BCUT2D eigenvalue weighted by Crippen LogP contribution is 2.26. The maximum absolute atomic E-state index is 13.6. The smallest absolute Gasteiger partial charge is 0.264 e. The van der Waals surface area contributed by atoms with E-state index in [0.717, 1.165) is 10.8 Å². The van der Waals surface area contributed by atoms with E-state index >= 15 is 0 Å². The van der Waals surface area contributed by atoms with Crippen LogP contribution in [-0.2, 0) is 0 Å². The number of fused-ring (bicyclic) bond motifs is 2. The number of aromatic nitrogens is 2. The molecular weight excluding hydrogens is 434 g/mol. The van der Waals surface area contributed by atoms with Crippen LogP contribution >= 0.6 is 11.6 Å². The molecule has 1 amide bonds. The first-order valence-electron chi connectivity index (χ1n) is 10.6. The zero-order valence-electron chi connectivity index (χ0n) is 17.8. The summed E-state index contributed by atoms with van der Waals surface area (Å²) in [7, 11) is 0. The zero-order valence-corrected chi connectivity index (χ0v) is 18.6. The van der Waals surface area contributed by atoms with Gasteiger partial charge in [-0.1, -0.05) is 60.1 Å². The largest absolute Gasteiger partial charge is 0.344 e. The number of carbonyl (C=O) groups excluding carboxylic acids is 1. The molecule has 0 saturated carbocycles. The van der Waals surface area contributed by atoms with Gasteiger partial charge in [0.2, 0.25) is 0 Å². The normalized spacial score (nSPS) is 12.1. The third kappa shape index (κ3) is 3.77. The Hall–Kier alpha value is -3.96. The number of hydrogen-bond donors (Lipinski definition) is 1. The number of amides is 1. The summed E-state index contributed by atoms with van der Waals surface area (Å²) in [5, 5.41) is 5.51. The van der Waals surface area contributed by atoms with Crippen molar-refractivity contribution in [1.82, 2.24) is 14.9 Å². The predicted octanol–water partition coefficient (Wildman–Crippen LogP) is 5.68. The Balaban J connectivity index is 1.63. The summed E-state index contributed by atoms with van der Waals surface area (Å²) in [4.78, 5) is 31.2. The fourth-order valence-electron chi connectivity index (χ4n) is 4.14. The molecule has 2 heterocycles. The van der Waals surface area contributed by atoms with Crippen molar-refractivity contribution in [3.05, 3.63) is 118 Å². The first kappa shape index (κ1) is 20.9. The summed E-state index contributed by atoms with van der Waals surface area (Å²) < 4.78 is 1.61. The first-order chi connectivity index (χ1) is 16.0. The number of pyridine rings is 2. The van der Waals surface area contributed by atoms with Crippen molar-refractivity contribution in [1.29, 1.82) is 0 Å². The number of benzene rings is 3. The van der Waals surface area contributed by atoms with Crippen LogP contribution in [0, 0.1) is 0 Å². The van der Waals surface area contributed by atoms with Crippen LogP contribution in [0.25, 0.3) is 27.4 Å². The minimum Gasteiger partial charge on any atom is -0.344 e. The van der Waals surface area contributed by atoms with E-state index in [1.165, 1.54) is 0 Å². The van der Waals surface area contributed by atoms with Gasteiger partial charge in [-0.2, -0.15) is 0 Å². The molecule has 6 heteroatoms. The lowest BCUT2D eigenvalue weighted by atomic mass is 10.1. The molecule has 33 heavy (non-hydrogen) atoms. The first-order valence-corrected chi connectivity index (χ1v) is 11.0. The summed E-state index contributed by atoms with van der Waals surface area (Å²) in [6, 6.07) is 25.4. The van der Waals surface area contributed by atoms with Gasteiger partial charge in [0, 0.05) is 23.0 Å². The minimum absolute atomic E-state index is 0.229. The molecule has 0 aliphatic carbocycles. The molecule has 2 aromatic heterocycles. The average Bonchev–Trinajstić information content (AvgIpc) is 2.84. The number of nitrogens with one attached hydrogen (secondary N) is 1.